The molecule has 0 spiro atoms. The molecule has 2 rings (SSSR count). The van der Waals surface area contributed by atoms with Gasteiger partial charge in [0.2, 0.25) is 5.91 Å². The summed E-state index contributed by atoms with van der Waals surface area (Å²) in [5.41, 5.74) is 2.26. The first-order chi connectivity index (χ1) is 10.4. The number of carbonyl (C=O) groups excluding carboxylic acids is 1. The highest BCUT2D eigenvalue weighted by atomic mass is 35.5. The van der Waals surface area contributed by atoms with Crippen molar-refractivity contribution in [3.05, 3.63) is 53.3 Å². The zero-order valence-electron chi connectivity index (χ0n) is 12.5. The van der Waals surface area contributed by atoms with Gasteiger partial charge in [-0.25, -0.2) is 4.39 Å². The van der Waals surface area contributed by atoms with Crippen molar-refractivity contribution in [2.24, 2.45) is 5.92 Å². The highest BCUT2D eigenvalue weighted by Crippen LogP contribution is 2.23. The molecule has 2 N–H and O–H groups in total. The first-order valence-electron chi connectivity index (χ1n) is 7.06. The van der Waals surface area contributed by atoms with E-state index in [1.807, 2.05) is 38.1 Å². The predicted molar refractivity (Wildman–Crippen MR) is 89.2 cm³/mol. The molecule has 116 valence electrons. The van der Waals surface area contributed by atoms with Gasteiger partial charge in [0.25, 0.3) is 0 Å². The molecule has 0 unspecified atom stereocenters. The monoisotopic (exact) mass is 320 g/mol. The number of hydrogen-bond acceptors (Lipinski definition) is 2. The van der Waals surface area contributed by atoms with Crippen LogP contribution in [-0.4, -0.2) is 5.91 Å². The number of carbonyl (C=O) groups is 1. The van der Waals surface area contributed by atoms with Crippen LogP contribution in [0.4, 0.5) is 21.5 Å². The predicted octanol–water partition coefficient (Wildman–Crippen LogP) is 5.21. The second kappa shape index (κ2) is 7.27. The van der Waals surface area contributed by atoms with Crippen LogP contribution in [0.5, 0.6) is 0 Å². The van der Waals surface area contributed by atoms with E-state index in [1.165, 1.54) is 12.1 Å². The van der Waals surface area contributed by atoms with Crippen molar-refractivity contribution < 1.29 is 9.18 Å². The number of halogens is 2. The molecule has 0 radical (unpaired) electrons. The van der Waals surface area contributed by atoms with Gasteiger partial charge in [-0.15, -0.1) is 0 Å². The number of anilines is 3. The summed E-state index contributed by atoms with van der Waals surface area (Å²) in [7, 11) is 0. The Labute approximate surface area is 134 Å². The molecule has 0 bridgehead atoms. The second-order valence-electron chi connectivity index (χ2n) is 5.48. The maximum Gasteiger partial charge on any atom is 0.224 e. The van der Waals surface area contributed by atoms with E-state index in [1.54, 1.807) is 6.07 Å². The van der Waals surface area contributed by atoms with Crippen molar-refractivity contribution in [3.8, 4) is 0 Å². The number of rotatable bonds is 5. The first kappa shape index (κ1) is 16.3. The molecule has 2 aromatic rings. The molecule has 22 heavy (non-hydrogen) atoms. The summed E-state index contributed by atoms with van der Waals surface area (Å²) < 4.78 is 13.1. The van der Waals surface area contributed by atoms with Gasteiger partial charge in [0.05, 0.1) is 5.02 Å². The van der Waals surface area contributed by atoms with Crippen molar-refractivity contribution in [3.63, 3.8) is 0 Å². The van der Waals surface area contributed by atoms with E-state index in [0.29, 0.717) is 18.0 Å². The Morgan fingerprint density at radius 1 is 1.09 bits per heavy atom. The topological polar surface area (TPSA) is 41.1 Å². The van der Waals surface area contributed by atoms with Gasteiger partial charge in [-0.3, -0.25) is 4.79 Å². The van der Waals surface area contributed by atoms with Crippen molar-refractivity contribution in [1.82, 2.24) is 0 Å². The van der Waals surface area contributed by atoms with E-state index >= 15 is 0 Å². The lowest BCUT2D eigenvalue weighted by atomic mass is 10.1. The third-order valence-electron chi connectivity index (χ3n) is 2.97. The molecule has 0 aromatic heterocycles. The lowest BCUT2D eigenvalue weighted by molar-refractivity contribution is -0.116. The normalized spacial score (nSPS) is 10.6. The van der Waals surface area contributed by atoms with Crippen LogP contribution in [0.25, 0.3) is 0 Å². The summed E-state index contributed by atoms with van der Waals surface area (Å²) in [5, 5.41) is 6.04. The van der Waals surface area contributed by atoms with Crippen molar-refractivity contribution in [2.75, 3.05) is 10.6 Å². The molecule has 5 heteroatoms. The fourth-order valence-electron chi connectivity index (χ4n) is 1.96. The van der Waals surface area contributed by atoms with Crippen molar-refractivity contribution >= 4 is 34.6 Å². The Kier molecular flexibility index (Phi) is 5.39. The minimum atomic E-state index is -0.449. The number of hydrogen-bond donors (Lipinski definition) is 2. The fraction of sp³-hybridized carbons (Fsp3) is 0.235. The van der Waals surface area contributed by atoms with Crippen LogP contribution >= 0.6 is 11.6 Å². The lowest BCUT2D eigenvalue weighted by Gasteiger charge is -2.10. The zero-order chi connectivity index (χ0) is 16.1. The van der Waals surface area contributed by atoms with E-state index in [2.05, 4.69) is 10.6 Å². The molecule has 0 aliphatic heterocycles. The highest BCUT2D eigenvalue weighted by Gasteiger charge is 2.05. The number of benzene rings is 2. The van der Waals surface area contributed by atoms with Gasteiger partial charge in [-0.1, -0.05) is 25.4 Å². The van der Waals surface area contributed by atoms with E-state index in [4.69, 9.17) is 11.6 Å². The summed E-state index contributed by atoms with van der Waals surface area (Å²) in [6, 6.07) is 11.7. The van der Waals surface area contributed by atoms with Crippen LogP contribution in [-0.2, 0) is 4.79 Å². The van der Waals surface area contributed by atoms with Gasteiger partial charge in [0, 0.05) is 23.5 Å². The summed E-state index contributed by atoms with van der Waals surface area (Å²) in [6.45, 7) is 4.00. The Morgan fingerprint density at radius 2 is 1.68 bits per heavy atom. The lowest BCUT2D eigenvalue weighted by Crippen LogP contribution is -2.13. The SMILES string of the molecule is CC(C)CC(=O)Nc1ccc(Nc2ccc(F)c(Cl)c2)cc1. The molecule has 0 aliphatic rings. The second-order valence-corrected chi connectivity index (χ2v) is 5.88. The molecule has 0 saturated carbocycles. The average molecular weight is 321 g/mol. The highest BCUT2D eigenvalue weighted by molar-refractivity contribution is 6.31. The summed E-state index contributed by atoms with van der Waals surface area (Å²) >= 11 is 5.74. The van der Waals surface area contributed by atoms with Crippen LogP contribution in [0.1, 0.15) is 20.3 Å². The number of nitrogens with one attached hydrogen (secondary N) is 2. The first-order valence-corrected chi connectivity index (χ1v) is 7.44. The third kappa shape index (κ3) is 4.74. The molecule has 0 aliphatic carbocycles. The molecule has 2 aromatic carbocycles. The largest absolute Gasteiger partial charge is 0.355 e. The van der Waals surface area contributed by atoms with Gasteiger partial charge < -0.3 is 10.6 Å². The molecular formula is C17H18ClFN2O. The Morgan fingerprint density at radius 3 is 2.27 bits per heavy atom. The summed E-state index contributed by atoms with van der Waals surface area (Å²) in [5.74, 6) is -0.124. The van der Waals surface area contributed by atoms with E-state index in [9.17, 15) is 9.18 Å². The van der Waals surface area contributed by atoms with Crippen molar-refractivity contribution in [2.45, 2.75) is 20.3 Å². The quantitative estimate of drug-likeness (QED) is 0.794. The molecule has 3 nitrogen and oxygen atoms in total. The number of amides is 1. The molecule has 1 amide bonds. The maximum atomic E-state index is 13.1. The Hall–Kier alpha value is -2.07. The average Bonchev–Trinajstić information content (AvgIpc) is 2.44. The minimum Gasteiger partial charge on any atom is -0.355 e. The van der Waals surface area contributed by atoms with Gasteiger partial charge in [-0.2, -0.15) is 0 Å². The standard InChI is InChI=1S/C17H18ClFN2O/c1-11(2)9-17(22)21-13-5-3-12(4-6-13)20-14-7-8-16(19)15(18)10-14/h3-8,10-11,20H,9H2,1-2H3,(H,21,22). The third-order valence-corrected chi connectivity index (χ3v) is 3.26. The summed E-state index contributed by atoms with van der Waals surface area (Å²) in [6.07, 6.45) is 0.494. The molecule has 0 fully saturated rings. The molecule has 0 atom stereocenters. The summed E-state index contributed by atoms with van der Waals surface area (Å²) in [4.78, 5) is 11.7. The smallest absolute Gasteiger partial charge is 0.224 e. The van der Waals surface area contributed by atoms with Gasteiger partial charge in [0.1, 0.15) is 5.82 Å². The molecule has 0 saturated heterocycles. The minimum absolute atomic E-state index is 0.000950. The fourth-order valence-corrected chi connectivity index (χ4v) is 2.14. The van der Waals surface area contributed by atoms with E-state index in [0.717, 1.165) is 11.4 Å². The van der Waals surface area contributed by atoms with Gasteiger partial charge in [0.15, 0.2) is 0 Å². The van der Waals surface area contributed by atoms with Crippen LogP contribution in [0, 0.1) is 11.7 Å². The van der Waals surface area contributed by atoms with Crippen LogP contribution in [0.15, 0.2) is 42.5 Å². The zero-order valence-corrected chi connectivity index (χ0v) is 13.2. The maximum absolute atomic E-state index is 13.1. The Balaban J connectivity index is 1.99. The van der Waals surface area contributed by atoms with Gasteiger partial charge >= 0.3 is 0 Å². The van der Waals surface area contributed by atoms with Crippen LogP contribution < -0.4 is 10.6 Å². The Bertz CT molecular complexity index is 656. The molecule has 0 heterocycles. The van der Waals surface area contributed by atoms with Crippen molar-refractivity contribution in [1.29, 1.82) is 0 Å². The van der Waals surface area contributed by atoms with E-state index in [-0.39, 0.29) is 10.9 Å². The molecular weight excluding hydrogens is 303 g/mol. The van der Waals surface area contributed by atoms with Crippen LogP contribution in [0.2, 0.25) is 5.02 Å². The van der Waals surface area contributed by atoms with E-state index < -0.39 is 5.82 Å². The van der Waals surface area contributed by atoms with Crippen LogP contribution in [0.3, 0.4) is 0 Å². The van der Waals surface area contributed by atoms with Gasteiger partial charge in [-0.05, 0) is 48.4 Å².